The van der Waals surface area contributed by atoms with Crippen molar-refractivity contribution in [3.63, 3.8) is 0 Å². The van der Waals surface area contributed by atoms with E-state index in [2.05, 4.69) is 10.1 Å². The number of nitrogens with zero attached hydrogens (tertiary/aromatic N) is 2. The second-order valence-electron chi connectivity index (χ2n) is 5.67. The predicted octanol–water partition coefficient (Wildman–Crippen LogP) is 5.78. The van der Waals surface area contributed by atoms with E-state index in [1.807, 2.05) is 54.6 Å². The van der Waals surface area contributed by atoms with E-state index in [0.717, 1.165) is 22.7 Å². The Balaban J connectivity index is 1.70. The van der Waals surface area contributed by atoms with Gasteiger partial charge in [-0.05, 0) is 36.9 Å². The number of fused-ring (bicyclic) bond motifs is 1. The van der Waals surface area contributed by atoms with Crippen molar-refractivity contribution in [2.75, 3.05) is 0 Å². The first-order valence-electron chi connectivity index (χ1n) is 7.92. The number of para-hydroxylation sites is 1. The Labute approximate surface area is 159 Å². The highest BCUT2D eigenvalue weighted by atomic mass is 35.5. The summed E-state index contributed by atoms with van der Waals surface area (Å²) >= 11 is 7.31. The molecule has 2 aromatic heterocycles. The van der Waals surface area contributed by atoms with Crippen molar-refractivity contribution in [1.82, 2.24) is 10.1 Å². The number of rotatable bonds is 3. The summed E-state index contributed by atoms with van der Waals surface area (Å²) in [6, 6.07) is 18.8. The number of benzene rings is 2. The van der Waals surface area contributed by atoms with Crippen LogP contribution in [0, 0.1) is 6.92 Å². The molecule has 0 unspecified atom stereocenters. The zero-order valence-corrected chi connectivity index (χ0v) is 15.3. The van der Waals surface area contributed by atoms with Crippen molar-refractivity contribution in [3.8, 4) is 11.3 Å². The highest BCUT2D eigenvalue weighted by Gasteiger charge is 2.24. The Bertz CT molecular complexity index is 1120. The standard InChI is InChI=1S/C20H13ClN2O2S/c1-12-18(19(23-25-12)14-7-3-4-8-15(14)21)20(24)26-17-11-10-13-6-2-5-9-16(13)22-17/h2-11H,1H3. The molecule has 2 heterocycles. The van der Waals surface area contributed by atoms with E-state index in [0.29, 0.717) is 32.6 Å². The van der Waals surface area contributed by atoms with Crippen LogP contribution in [-0.2, 0) is 0 Å². The molecule has 4 rings (SSSR count). The van der Waals surface area contributed by atoms with Gasteiger partial charge in [0, 0.05) is 10.9 Å². The van der Waals surface area contributed by atoms with Gasteiger partial charge in [-0.2, -0.15) is 0 Å². The number of halogens is 1. The van der Waals surface area contributed by atoms with Gasteiger partial charge in [0.15, 0.2) is 0 Å². The molecule has 0 atom stereocenters. The van der Waals surface area contributed by atoms with Crippen molar-refractivity contribution < 1.29 is 9.32 Å². The fourth-order valence-corrected chi connectivity index (χ4v) is 3.74. The third-order valence-corrected chi connectivity index (χ3v) is 5.12. The Morgan fingerprint density at radius 1 is 1.04 bits per heavy atom. The largest absolute Gasteiger partial charge is 0.360 e. The van der Waals surface area contributed by atoms with Crippen LogP contribution in [0.25, 0.3) is 22.2 Å². The van der Waals surface area contributed by atoms with Gasteiger partial charge >= 0.3 is 0 Å². The molecule has 0 aliphatic heterocycles. The molecule has 6 heteroatoms. The Morgan fingerprint density at radius 3 is 2.65 bits per heavy atom. The summed E-state index contributed by atoms with van der Waals surface area (Å²) in [5.74, 6) is 0.457. The maximum atomic E-state index is 12.9. The highest BCUT2D eigenvalue weighted by Crippen LogP contribution is 2.34. The van der Waals surface area contributed by atoms with Crippen LogP contribution < -0.4 is 0 Å². The third kappa shape index (κ3) is 3.11. The maximum Gasteiger partial charge on any atom is 0.231 e. The van der Waals surface area contributed by atoms with Crippen molar-refractivity contribution in [3.05, 3.63) is 77.0 Å². The maximum absolute atomic E-state index is 12.9. The minimum Gasteiger partial charge on any atom is -0.360 e. The molecular weight excluding hydrogens is 368 g/mol. The molecule has 0 spiro atoms. The van der Waals surface area contributed by atoms with Gasteiger partial charge in [0.05, 0.1) is 16.1 Å². The lowest BCUT2D eigenvalue weighted by Gasteiger charge is -2.04. The topological polar surface area (TPSA) is 56.0 Å². The van der Waals surface area contributed by atoms with Gasteiger partial charge < -0.3 is 4.52 Å². The normalized spacial score (nSPS) is 11.0. The summed E-state index contributed by atoms with van der Waals surface area (Å²) in [7, 11) is 0. The first-order valence-corrected chi connectivity index (χ1v) is 9.12. The molecule has 4 nitrogen and oxygen atoms in total. The lowest BCUT2D eigenvalue weighted by molar-refractivity contribution is 0.108. The molecule has 128 valence electrons. The summed E-state index contributed by atoms with van der Waals surface area (Å²) in [5.41, 5.74) is 2.38. The van der Waals surface area contributed by atoms with E-state index < -0.39 is 0 Å². The quantitative estimate of drug-likeness (QED) is 0.421. The van der Waals surface area contributed by atoms with Crippen molar-refractivity contribution in [2.24, 2.45) is 0 Å². The first kappa shape index (κ1) is 16.8. The van der Waals surface area contributed by atoms with Gasteiger partial charge in [0.1, 0.15) is 16.5 Å². The smallest absolute Gasteiger partial charge is 0.231 e. The molecule has 0 N–H and O–H groups in total. The fourth-order valence-electron chi connectivity index (χ4n) is 2.70. The fraction of sp³-hybridized carbons (Fsp3) is 0.0500. The van der Waals surface area contributed by atoms with E-state index in [-0.39, 0.29) is 5.12 Å². The second kappa shape index (κ2) is 6.94. The second-order valence-corrected chi connectivity index (χ2v) is 7.07. The zero-order chi connectivity index (χ0) is 18.1. The summed E-state index contributed by atoms with van der Waals surface area (Å²) in [4.78, 5) is 17.5. The van der Waals surface area contributed by atoms with Crippen LogP contribution in [0.15, 0.2) is 70.2 Å². The number of pyridine rings is 1. The average molecular weight is 381 g/mol. The number of hydrogen-bond acceptors (Lipinski definition) is 5. The number of hydrogen-bond donors (Lipinski definition) is 0. The number of aromatic nitrogens is 2. The Hall–Kier alpha value is -2.63. The summed E-state index contributed by atoms with van der Waals surface area (Å²) in [6.45, 7) is 1.72. The van der Waals surface area contributed by atoms with Crippen LogP contribution in [-0.4, -0.2) is 15.3 Å². The number of carbonyl (C=O) groups is 1. The van der Waals surface area contributed by atoms with Crippen molar-refractivity contribution in [1.29, 1.82) is 0 Å². The lowest BCUT2D eigenvalue weighted by atomic mass is 10.1. The van der Waals surface area contributed by atoms with Crippen LogP contribution in [0.1, 0.15) is 16.1 Å². The van der Waals surface area contributed by atoms with E-state index in [1.54, 1.807) is 13.0 Å². The molecule has 0 fully saturated rings. The minimum absolute atomic E-state index is 0.179. The van der Waals surface area contributed by atoms with E-state index in [9.17, 15) is 4.79 Å². The number of thioether (sulfide) groups is 1. The SMILES string of the molecule is Cc1onc(-c2ccccc2Cl)c1C(=O)Sc1ccc2ccccc2n1. The van der Waals surface area contributed by atoms with Crippen molar-refractivity contribution in [2.45, 2.75) is 11.9 Å². The van der Waals surface area contributed by atoms with Gasteiger partial charge in [-0.1, -0.05) is 59.2 Å². The van der Waals surface area contributed by atoms with E-state index >= 15 is 0 Å². The number of carbonyl (C=O) groups excluding carboxylic acids is 1. The van der Waals surface area contributed by atoms with E-state index in [4.69, 9.17) is 16.1 Å². The molecule has 4 aromatic rings. The molecule has 0 saturated carbocycles. The van der Waals surface area contributed by atoms with Crippen LogP contribution in [0.3, 0.4) is 0 Å². The van der Waals surface area contributed by atoms with Crippen LogP contribution in [0.2, 0.25) is 5.02 Å². The van der Waals surface area contributed by atoms with E-state index in [1.165, 1.54) is 0 Å². The summed E-state index contributed by atoms with van der Waals surface area (Å²) in [6.07, 6.45) is 0. The average Bonchev–Trinajstić information content (AvgIpc) is 3.03. The van der Waals surface area contributed by atoms with Crippen LogP contribution >= 0.6 is 23.4 Å². The molecule has 0 saturated heterocycles. The Kier molecular flexibility index (Phi) is 4.49. The summed E-state index contributed by atoms with van der Waals surface area (Å²) in [5, 5.41) is 6.04. The van der Waals surface area contributed by atoms with Crippen molar-refractivity contribution >= 4 is 39.4 Å². The van der Waals surface area contributed by atoms with Gasteiger partial charge in [-0.25, -0.2) is 4.98 Å². The molecule has 0 amide bonds. The molecule has 0 radical (unpaired) electrons. The highest BCUT2D eigenvalue weighted by molar-refractivity contribution is 8.14. The predicted molar refractivity (Wildman–Crippen MR) is 104 cm³/mol. The van der Waals surface area contributed by atoms with Gasteiger partial charge in [0.25, 0.3) is 0 Å². The zero-order valence-electron chi connectivity index (χ0n) is 13.8. The molecular formula is C20H13ClN2O2S. The van der Waals surface area contributed by atoms with Crippen LogP contribution in [0.4, 0.5) is 0 Å². The molecule has 0 aliphatic rings. The lowest BCUT2D eigenvalue weighted by Crippen LogP contribution is -1.98. The Morgan fingerprint density at radius 2 is 1.81 bits per heavy atom. The number of aryl methyl sites for hydroxylation is 1. The van der Waals surface area contributed by atoms with Gasteiger partial charge in [-0.3, -0.25) is 4.79 Å². The third-order valence-electron chi connectivity index (χ3n) is 3.97. The van der Waals surface area contributed by atoms with Gasteiger partial charge in [0.2, 0.25) is 5.12 Å². The monoisotopic (exact) mass is 380 g/mol. The molecule has 2 aromatic carbocycles. The minimum atomic E-state index is -0.179. The molecule has 0 bridgehead atoms. The van der Waals surface area contributed by atoms with Gasteiger partial charge in [-0.15, -0.1) is 0 Å². The summed E-state index contributed by atoms with van der Waals surface area (Å²) < 4.78 is 5.27. The molecule has 26 heavy (non-hydrogen) atoms. The molecule has 0 aliphatic carbocycles. The van der Waals surface area contributed by atoms with Crippen LogP contribution in [0.5, 0.6) is 0 Å². The first-order chi connectivity index (χ1) is 12.6.